The summed E-state index contributed by atoms with van der Waals surface area (Å²) in [4.78, 5) is 0. The van der Waals surface area contributed by atoms with Gasteiger partial charge in [-0.05, 0) is 74.2 Å². The fourth-order valence-corrected chi connectivity index (χ4v) is 6.46. The molecule has 0 nitrogen and oxygen atoms in total. The molecule has 0 unspecified atom stereocenters. The molecule has 0 bridgehead atoms. The molecule has 0 saturated heterocycles. The first-order valence-electron chi connectivity index (χ1n) is 12.8. The Labute approximate surface area is 175 Å². The molecule has 0 heterocycles. The first-order chi connectivity index (χ1) is 13.8. The minimum absolute atomic E-state index is 0.664. The standard InChI is InChI=1S/C28H46/c1-2-3-18-27(19-9-5-10-20-27)23-13-14-24-28(21-11-6-12-22-28)25-17-26-15-7-4-8-16-26/h4,7-8,15-16H,2-3,5-6,9-14,17-25H2,1H3. The van der Waals surface area contributed by atoms with Crippen LogP contribution in [0.2, 0.25) is 0 Å². The van der Waals surface area contributed by atoms with Crippen molar-refractivity contribution in [1.82, 2.24) is 0 Å². The van der Waals surface area contributed by atoms with Crippen LogP contribution in [-0.4, -0.2) is 0 Å². The Morgan fingerprint density at radius 2 is 1.11 bits per heavy atom. The van der Waals surface area contributed by atoms with Crippen LogP contribution in [0.5, 0.6) is 0 Å². The Morgan fingerprint density at radius 3 is 1.64 bits per heavy atom. The molecule has 0 aromatic heterocycles. The third-order valence-electron chi connectivity index (χ3n) is 8.34. The van der Waals surface area contributed by atoms with Crippen molar-refractivity contribution in [2.24, 2.45) is 10.8 Å². The molecule has 2 aliphatic carbocycles. The van der Waals surface area contributed by atoms with E-state index in [0.717, 1.165) is 5.41 Å². The third-order valence-corrected chi connectivity index (χ3v) is 8.34. The highest BCUT2D eigenvalue weighted by Gasteiger charge is 2.33. The number of hydrogen-bond acceptors (Lipinski definition) is 0. The van der Waals surface area contributed by atoms with Crippen molar-refractivity contribution < 1.29 is 0 Å². The maximum Gasteiger partial charge on any atom is -0.0274 e. The number of benzene rings is 1. The molecule has 28 heavy (non-hydrogen) atoms. The normalized spacial score (nSPS) is 21.5. The highest BCUT2D eigenvalue weighted by atomic mass is 14.4. The van der Waals surface area contributed by atoms with Crippen LogP contribution in [0.15, 0.2) is 30.3 Å². The molecule has 0 spiro atoms. The molecule has 158 valence electrons. The summed E-state index contributed by atoms with van der Waals surface area (Å²) < 4.78 is 0. The highest BCUT2D eigenvalue weighted by molar-refractivity contribution is 5.15. The van der Waals surface area contributed by atoms with E-state index in [0.29, 0.717) is 5.41 Å². The van der Waals surface area contributed by atoms with Gasteiger partial charge in [0.25, 0.3) is 0 Å². The molecule has 0 radical (unpaired) electrons. The molecule has 2 saturated carbocycles. The average molecular weight is 383 g/mol. The van der Waals surface area contributed by atoms with Crippen molar-refractivity contribution in [3.8, 4) is 0 Å². The quantitative estimate of drug-likeness (QED) is 0.334. The summed E-state index contributed by atoms with van der Waals surface area (Å²) in [6.45, 7) is 2.37. The predicted octanol–water partition coefficient (Wildman–Crippen LogP) is 9.27. The van der Waals surface area contributed by atoms with Gasteiger partial charge < -0.3 is 0 Å². The SMILES string of the molecule is CCCCC1(CCCCC2(CCc3ccccc3)CCCCC2)CCCCC1. The smallest absolute Gasteiger partial charge is 0.0274 e. The molecule has 1 aromatic rings. The van der Waals surface area contributed by atoms with Crippen molar-refractivity contribution in [3.63, 3.8) is 0 Å². The second-order valence-electron chi connectivity index (χ2n) is 10.4. The van der Waals surface area contributed by atoms with Gasteiger partial charge in [0.2, 0.25) is 0 Å². The maximum atomic E-state index is 2.37. The summed E-state index contributed by atoms with van der Waals surface area (Å²) >= 11 is 0. The van der Waals surface area contributed by atoms with Crippen LogP contribution in [0.25, 0.3) is 0 Å². The fraction of sp³-hybridized carbons (Fsp3) is 0.786. The minimum atomic E-state index is 0.664. The van der Waals surface area contributed by atoms with Gasteiger partial charge in [-0.25, -0.2) is 0 Å². The van der Waals surface area contributed by atoms with Crippen LogP contribution in [-0.2, 0) is 6.42 Å². The van der Waals surface area contributed by atoms with E-state index >= 15 is 0 Å². The van der Waals surface area contributed by atoms with E-state index in [9.17, 15) is 0 Å². The zero-order valence-corrected chi connectivity index (χ0v) is 18.8. The van der Waals surface area contributed by atoms with Crippen LogP contribution >= 0.6 is 0 Å². The van der Waals surface area contributed by atoms with Gasteiger partial charge in [0.05, 0.1) is 0 Å². The van der Waals surface area contributed by atoms with Crippen molar-refractivity contribution in [1.29, 1.82) is 0 Å². The molecule has 0 aliphatic heterocycles. The summed E-state index contributed by atoms with van der Waals surface area (Å²) in [5.41, 5.74) is 2.95. The van der Waals surface area contributed by atoms with E-state index in [4.69, 9.17) is 0 Å². The Bertz CT molecular complexity index is 516. The molecule has 3 rings (SSSR count). The first-order valence-corrected chi connectivity index (χ1v) is 12.8. The van der Waals surface area contributed by atoms with E-state index in [2.05, 4.69) is 37.3 Å². The summed E-state index contributed by atoms with van der Waals surface area (Å²) in [5, 5.41) is 0. The van der Waals surface area contributed by atoms with Crippen LogP contribution < -0.4 is 0 Å². The molecule has 0 heteroatoms. The molecule has 0 amide bonds. The summed E-state index contributed by atoms with van der Waals surface area (Å²) in [7, 11) is 0. The van der Waals surface area contributed by atoms with E-state index in [1.165, 1.54) is 122 Å². The molecular formula is C28H46. The van der Waals surface area contributed by atoms with Crippen molar-refractivity contribution in [2.45, 2.75) is 129 Å². The number of hydrogen-bond donors (Lipinski definition) is 0. The van der Waals surface area contributed by atoms with Crippen molar-refractivity contribution in [2.75, 3.05) is 0 Å². The van der Waals surface area contributed by atoms with Gasteiger partial charge in [-0.2, -0.15) is 0 Å². The van der Waals surface area contributed by atoms with Crippen LogP contribution in [0, 0.1) is 10.8 Å². The van der Waals surface area contributed by atoms with E-state index in [1.54, 1.807) is 5.56 Å². The lowest BCUT2D eigenvalue weighted by Crippen LogP contribution is -2.26. The van der Waals surface area contributed by atoms with E-state index < -0.39 is 0 Å². The van der Waals surface area contributed by atoms with Gasteiger partial charge in [-0.3, -0.25) is 0 Å². The fourth-order valence-electron chi connectivity index (χ4n) is 6.46. The van der Waals surface area contributed by atoms with Gasteiger partial charge >= 0.3 is 0 Å². The lowest BCUT2D eigenvalue weighted by atomic mass is 9.66. The lowest BCUT2D eigenvalue weighted by Gasteiger charge is -2.40. The van der Waals surface area contributed by atoms with E-state index in [1.807, 2.05) is 0 Å². The largest absolute Gasteiger partial charge is 0.0654 e. The summed E-state index contributed by atoms with van der Waals surface area (Å²) in [6, 6.07) is 11.2. The third kappa shape index (κ3) is 6.64. The second-order valence-corrected chi connectivity index (χ2v) is 10.4. The van der Waals surface area contributed by atoms with Gasteiger partial charge in [-0.15, -0.1) is 0 Å². The molecule has 2 aliphatic rings. The molecule has 0 atom stereocenters. The zero-order chi connectivity index (χ0) is 19.5. The molecule has 1 aromatic carbocycles. The Balaban J connectivity index is 1.49. The van der Waals surface area contributed by atoms with Gasteiger partial charge in [0, 0.05) is 0 Å². The van der Waals surface area contributed by atoms with Gasteiger partial charge in [0.15, 0.2) is 0 Å². The maximum absolute atomic E-state index is 2.37. The number of unbranched alkanes of at least 4 members (excludes halogenated alkanes) is 2. The number of rotatable bonds is 11. The van der Waals surface area contributed by atoms with Crippen LogP contribution in [0.1, 0.15) is 128 Å². The second kappa shape index (κ2) is 11.4. The van der Waals surface area contributed by atoms with Crippen LogP contribution in [0.4, 0.5) is 0 Å². The highest BCUT2D eigenvalue weighted by Crippen LogP contribution is 2.47. The summed E-state index contributed by atoms with van der Waals surface area (Å²) in [5.74, 6) is 0. The Kier molecular flexibility index (Phi) is 8.94. The topological polar surface area (TPSA) is 0 Å². The van der Waals surface area contributed by atoms with Gasteiger partial charge in [-0.1, -0.05) is 101 Å². The Hall–Kier alpha value is -0.780. The zero-order valence-electron chi connectivity index (χ0n) is 18.8. The monoisotopic (exact) mass is 382 g/mol. The molecule has 2 fully saturated rings. The predicted molar refractivity (Wildman–Crippen MR) is 124 cm³/mol. The molecule has 0 N–H and O–H groups in total. The van der Waals surface area contributed by atoms with Crippen molar-refractivity contribution >= 4 is 0 Å². The summed E-state index contributed by atoms with van der Waals surface area (Å²) in [6.07, 6.45) is 28.1. The molecular weight excluding hydrogens is 336 g/mol. The number of aryl methyl sites for hydroxylation is 1. The van der Waals surface area contributed by atoms with Crippen molar-refractivity contribution in [3.05, 3.63) is 35.9 Å². The lowest BCUT2D eigenvalue weighted by molar-refractivity contribution is 0.129. The van der Waals surface area contributed by atoms with E-state index in [-0.39, 0.29) is 0 Å². The van der Waals surface area contributed by atoms with Gasteiger partial charge in [0.1, 0.15) is 0 Å². The minimum Gasteiger partial charge on any atom is -0.0654 e. The average Bonchev–Trinajstić information content (AvgIpc) is 2.76. The first kappa shape index (κ1) is 21.9. The Morgan fingerprint density at radius 1 is 0.607 bits per heavy atom. The van der Waals surface area contributed by atoms with Crippen LogP contribution in [0.3, 0.4) is 0 Å².